The number of non-ortho nitro benzene ring substituents is 1. The van der Waals surface area contributed by atoms with Gasteiger partial charge >= 0.3 is 0 Å². The Morgan fingerprint density at radius 1 is 1.45 bits per heavy atom. The fraction of sp³-hybridized carbons (Fsp3) is 0.500. The Kier molecular flexibility index (Phi) is 4.55. The van der Waals surface area contributed by atoms with Crippen molar-refractivity contribution in [1.29, 1.82) is 0 Å². The number of carbonyl (C=O) groups is 1. The van der Waals surface area contributed by atoms with Crippen molar-refractivity contribution in [2.24, 2.45) is 5.92 Å². The van der Waals surface area contributed by atoms with E-state index in [1.54, 1.807) is 13.1 Å². The highest BCUT2D eigenvalue weighted by Gasteiger charge is 2.19. The fourth-order valence-electron chi connectivity index (χ4n) is 2.32. The molecule has 0 aliphatic heterocycles. The van der Waals surface area contributed by atoms with Crippen LogP contribution in [0.1, 0.15) is 36.0 Å². The number of hydrogen-bond donors (Lipinski definition) is 2. The number of nitro benzene ring substituents is 1. The molecule has 6 heteroatoms. The molecule has 0 bridgehead atoms. The molecule has 1 saturated carbocycles. The first-order valence-corrected chi connectivity index (χ1v) is 6.86. The van der Waals surface area contributed by atoms with Crippen molar-refractivity contribution in [2.45, 2.75) is 25.7 Å². The molecule has 1 aromatic rings. The number of rotatable bonds is 6. The summed E-state index contributed by atoms with van der Waals surface area (Å²) >= 11 is 0. The lowest BCUT2D eigenvalue weighted by atomic mass is 9.83. The van der Waals surface area contributed by atoms with Gasteiger partial charge in [-0.1, -0.05) is 19.3 Å². The van der Waals surface area contributed by atoms with Gasteiger partial charge in [0.1, 0.15) is 0 Å². The molecule has 0 unspecified atom stereocenters. The standard InChI is InChI=1S/C14H19N3O3/c1-15-13-6-5-11(17(19)20)9-12(13)14(18)16-8-7-10-3-2-4-10/h5-6,9-10,15H,2-4,7-8H2,1H3,(H,16,18). The maximum Gasteiger partial charge on any atom is 0.270 e. The maximum atomic E-state index is 12.1. The van der Waals surface area contributed by atoms with Crippen molar-refractivity contribution < 1.29 is 9.72 Å². The molecule has 1 aliphatic rings. The van der Waals surface area contributed by atoms with E-state index >= 15 is 0 Å². The Hall–Kier alpha value is -2.11. The van der Waals surface area contributed by atoms with Crippen LogP contribution < -0.4 is 10.6 Å². The summed E-state index contributed by atoms with van der Waals surface area (Å²) in [5, 5.41) is 16.5. The first-order valence-electron chi connectivity index (χ1n) is 6.86. The second-order valence-electron chi connectivity index (χ2n) is 5.08. The fourth-order valence-corrected chi connectivity index (χ4v) is 2.32. The molecular formula is C14H19N3O3. The minimum atomic E-state index is -0.495. The number of nitrogens with one attached hydrogen (secondary N) is 2. The van der Waals surface area contributed by atoms with E-state index in [2.05, 4.69) is 10.6 Å². The Bertz CT molecular complexity index is 512. The molecule has 2 N–H and O–H groups in total. The van der Waals surface area contributed by atoms with Gasteiger partial charge in [-0.2, -0.15) is 0 Å². The smallest absolute Gasteiger partial charge is 0.270 e. The molecule has 0 atom stereocenters. The highest BCUT2D eigenvalue weighted by Crippen LogP contribution is 2.28. The van der Waals surface area contributed by atoms with Crippen molar-refractivity contribution in [1.82, 2.24) is 5.32 Å². The number of anilines is 1. The molecule has 0 radical (unpaired) electrons. The molecule has 20 heavy (non-hydrogen) atoms. The summed E-state index contributed by atoms with van der Waals surface area (Å²) < 4.78 is 0. The van der Waals surface area contributed by atoms with Crippen LogP contribution in [0, 0.1) is 16.0 Å². The highest BCUT2D eigenvalue weighted by molar-refractivity contribution is 6.00. The minimum Gasteiger partial charge on any atom is -0.387 e. The van der Waals surface area contributed by atoms with E-state index in [0.717, 1.165) is 12.3 Å². The molecule has 0 heterocycles. The number of hydrogen-bond acceptors (Lipinski definition) is 4. The van der Waals surface area contributed by atoms with Crippen LogP contribution in [0.2, 0.25) is 0 Å². The first-order chi connectivity index (χ1) is 9.61. The van der Waals surface area contributed by atoms with Gasteiger partial charge in [0.25, 0.3) is 11.6 Å². The summed E-state index contributed by atoms with van der Waals surface area (Å²) in [6.07, 6.45) is 4.76. The molecule has 0 aromatic heterocycles. The third-order valence-corrected chi connectivity index (χ3v) is 3.79. The normalized spacial score (nSPS) is 14.4. The van der Waals surface area contributed by atoms with E-state index in [1.165, 1.54) is 31.4 Å². The van der Waals surface area contributed by atoms with Gasteiger partial charge in [-0.25, -0.2) is 0 Å². The zero-order valence-corrected chi connectivity index (χ0v) is 11.5. The molecule has 1 aliphatic carbocycles. The number of nitrogens with zero attached hydrogens (tertiary/aromatic N) is 1. The molecule has 0 spiro atoms. The summed E-state index contributed by atoms with van der Waals surface area (Å²) in [6, 6.07) is 4.25. The third-order valence-electron chi connectivity index (χ3n) is 3.79. The monoisotopic (exact) mass is 277 g/mol. The van der Waals surface area contributed by atoms with E-state index < -0.39 is 4.92 Å². The molecule has 2 rings (SSSR count). The van der Waals surface area contributed by atoms with Crippen molar-refractivity contribution in [3.8, 4) is 0 Å². The van der Waals surface area contributed by atoms with Crippen LogP contribution >= 0.6 is 0 Å². The molecular weight excluding hydrogens is 258 g/mol. The van der Waals surface area contributed by atoms with Gasteiger partial charge in [-0.05, 0) is 18.4 Å². The van der Waals surface area contributed by atoms with E-state index in [0.29, 0.717) is 17.8 Å². The third kappa shape index (κ3) is 3.26. The Balaban J connectivity index is 2.02. The number of amides is 1. The zero-order valence-electron chi connectivity index (χ0n) is 11.5. The van der Waals surface area contributed by atoms with Gasteiger partial charge in [0, 0.05) is 31.4 Å². The Morgan fingerprint density at radius 2 is 2.20 bits per heavy atom. The van der Waals surface area contributed by atoms with Gasteiger partial charge < -0.3 is 10.6 Å². The van der Waals surface area contributed by atoms with Crippen LogP contribution in [0.3, 0.4) is 0 Å². The molecule has 108 valence electrons. The van der Waals surface area contributed by atoms with E-state index in [1.807, 2.05) is 0 Å². The lowest BCUT2D eigenvalue weighted by Crippen LogP contribution is -2.28. The number of nitro groups is 1. The second-order valence-corrected chi connectivity index (χ2v) is 5.08. The van der Waals surface area contributed by atoms with Crippen LogP contribution in [-0.2, 0) is 0 Å². The van der Waals surface area contributed by atoms with Crippen molar-refractivity contribution in [3.05, 3.63) is 33.9 Å². The predicted octanol–water partition coefficient (Wildman–Crippen LogP) is 2.56. The summed E-state index contributed by atoms with van der Waals surface area (Å²) in [4.78, 5) is 22.4. The quantitative estimate of drug-likeness (QED) is 0.618. The molecule has 6 nitrogen and oxygen atoms in total. The summed E-state index contributed by atoms with van der Waals surface area (Å²) in [6.45, 7) is 0.620. The van der Waals surface area contributed by atoms with Crippen LogP contribution in [0.4, 0.5) is 11.4 Å². The lowest BCUT2D eigenvalue weighted by Gasteiger charge is -2.25. The Morgan fingerprint density at radius 3 is 2.75 bits per heavy atom. The van der Waals surface area contributed by atoms with Crippen LogP contribution in [0.25, 0.3) is 0 Å². The second kappa shape index (κ2) is 6.36. The summed E-state index contributed by atoms with van der Waals surface area (Å²) in [5.74, 6) is 0.460. The number of carbonyl (C=O) groups excluding carboxylic acids is 1. The lowest BCUT2D eigenvalue weighted by molar-refractivity contribution is -0.384. The average Bonchev–Trinajstić information content (AvgIpc) is 2.40. The molecule has 1 aromatic carbocycles. The van der Waals surface area contributed by atoms with Gasteiger partial charge in [0.05, 0.1) is 10.5 Å². The van der Waals surface area contributed by atoms with Crippen LogP contribution in [0.15, 0.2) is 18.2 Å². The topological polar surface area (TPSA) is 84.3 Å². The van der Waals surface area contributed by atoms with Crippen molar-refractivity contribution >= 4 is 17.3 Å². The number of benzene rings is 1. The summed E-state index contributed by atoms with van der Waals surface area (Å²) in [5.41, 5.74) is 0.834. The first kappa shape index (κ1) is 14.3. The maximum absolute atomic E-state index is 12.1. The molecule has 1 fully saturated rings. The SMILES string of the molecule is CNc1ccc([N+](=O)[O-])cc1C(=O)NCCC1CCC1. The highest BCUT2D eigenvalue weighted by atomic mass is 16.6. The van der Waals surface area contributed by atoms with E-state index in [4.69, 9.17) is 0 Å². The van der Waals surface area contributed by atoms with Crippen LogP contribution in [-0.4, -0.2) is 24.4 Å². The van der Waals surface area contributed by atoms with Gasteiger partial charge in [-0.3, -0.25) is 14.9 Å². The predicted molar refractivity (Wildman–Crippen MR) is 76.9 cm³/mol. The minimum absolute atomic E-state index is 0.0758. The Labute approximate surface area is 117 Å². The van der Waals surface area contributed by atoms with Gasteiger partial charge in [0.15, 0.2) is 0 Å². The van der Waals surface area contributed by atoms with E-state index in [9.17, 15) is 14.9 Å². The van der Waals surface area contributed by atoms with Crippen molar-refractivity contribution in [2.75, 3.05) is 18.9 Å². The molecule has 0 saturated heterocycles. The van der Waals surface area contributed by atoms with Gasteiger partial charge in [-0.15, -0.1) is 0 Å². The molecule has 1 amide bonds. The van der Waals surface area contributed by atoms with Crippen LogP contribution in [0.5, 0.6) is 0 Å². The average molecular weight is 277 g/mol. The van der Waals surface area contributed by atoms with Gasteiger partial charge in [0.2, 0.25) is 0 Å². The van der Waals surface area contributed by atoms with Crippen molar-refractivity contribution in [3.63, 3.8) is 0 Å². The van der Waals surface area contributed by atoms with E-state index in [-0.39, 0.29) is 11.6 Å². The largest absolute Gasteiger partial charge is 0.387 e. The zero-order chi connectivity index (χ0) is 14.5. The summed E-state index contributed by atoms with van der Waals surface area (Å²) in [7, 11) is 1.69.